The molecule has 2 nitrogen and oxygen atoms in total. The van der Waals surface area contributed by atoms with E-state index in [1.165, 1.54) is 36.6 Å². The Morgan fingerprint density at radius 1 is 1.33 bits per heavy atom. The Morgan fingerprint density at radius 3 is 2.78 bits per heavy atom. The average Bonchev–Trinajstić information content (AvgIpc) is 2.36. The third kappa shape index (κ3) is 3.43. The average molecular weight is 268 g/mol. The molecule has 2 aliphatic rings. The second kappa shape index (κ2) is 5.85. The van der Waals surface area contributed by atoms with Crippen molar-refractivity contribution in [1.82, 2.24) is 5.32 Å². The van der Waals surface area contributed by atoms with E-state index in [1.807, 2.05) is 11.8 Å². The van der Waals surface area contributed by atoms with Crippen molar-refractivity contribution < 1.29 is 0 Å². The van der Waals surface area contributed by atoms with Crippen LogP contribution in [0.1, 0.15) is 53.4 Å². The fourth-order valence-electron chi connectivity index (χ4n) is 2.53. The summed E-state index contributed by atoms with van der Waals surface area (Å²) in [6, 6.07) is 0.709. The lowest BCUT2D eigenvalue weighted by atomic mass is 9.81. The summed E-state index contributed by atoms with van der Waals surface area (Å²) in [5.41, 5.74) is 0.304. The van der Waals surface area contributed by atoms with Gasteiger partial charge >= 0.3 is 0 Å². The molecular weight excluding hydrogens is 240 g/mol. The van der Waals surface area contributed by atoms with Crippen LogP contribution in [0.15, 0.2) is 4.99 Å². The lowest BCUT2D eigenvalue weighted by Gasteiger charge is -2.37. The molecule has 1 aliphatic heterocycles. The van der Waals surface area contributed by atoms with Gasteiger partial charge in [0.25, 0.3) is 0 Å². The van der Waals surface area contributed by atoms with Gasteiger partial charge in [0.2, 0.25) is 0 Å². The standard InChI is InChI=1S/C15H28N2S/c1-11(2)15(3,4)10-16-14-17-13-8-6-5-7-12(13)9-18-14/h11-13H,5-10H2,1-4H3,(H,16,17). The van der Waals surface area contributed by atoms with Crippen molar-refractivity contribution in [2.45, 2.75) is 59.4 Å². The number of nitrogens with one attached hydrogen (secondary N) is 1. The summed E-state index contributed by atoms with van der Waals surface area (Å²) >= 11 is 1.94. The normalized spacial score (nSPS) is 31.3. The van der Waals surface area contributed by atoms with Crippen molar-refractivity contribution in [3.63, 3.8) is 0 Å². The Kier molecular flexibility index (Phi) is 4.63. The Hall–Kier alpha value is -0.180. The lowest BCUT2D eigenvalue weighted by molar-refractivity contribution is 0.261. The van der Waals surface area contributed by atoms with E-state index in [2.05, 4.69) is 33.0 Å². The summed E-state index contributed by atoms with van der Waals surface area (Å²) in [5.74, 6) is 2.84. The van der Waals surface area contributed by atoms with Gasteiger partial charge in [-0.1, -0.05) is 52.3 Å². The van der Waals surface area contributed by atoms with Gasteiger partial charge in [-0.15, -0.1) is 0 Å². The first-order valence-electron chi connectivity index (χ1n) is 7.43. The summed E-state index contributed by atoms with van der Waals surface area (Å²) in [5, 5.41) is 4.88. The van der Waals surface area contributed by atoms with E-state index >= 15 is 0 Å². The zero-order chi connectivity index (χ0) is 13.2. The molecule has 0 aromatic heterocycles. The minimum Gasteiger partial charge on any atom is -0.362 e. The van der Waals surface area contributed by atoms with Crippen molar-refractivity contribution in [2.24, 2.45) is 22.2 Å². The van der Waals surface area contributed by atoms with Gasteiger partial charge in [-0.3, -0.25) is 4.99 Å². The molecule has 1 aliphatic carbocycles. The molecule has 0 bridgehead atoms. The summed E-state index contributed by atoms with van der Waals surface area (Å²) in [7, 11) is 0. The quantitative estimate of drug-likeness (QED) is 0.839. The van der Waals surface area contributed by atoms with E-state index in [-0.39, 0.29) is 0 Å². The van der Waals surface area contributed by atoms with Crippen LogP contribution < -0.4 is 5.32 Å². The summed E-state index contributed by atoms with van der Waals surface area (Å²) < 4.78 is 0. The summed E-state index contributed by atoms with van der Waals surface area (Å²) in [6.45, 7) is 10.2. The van der Waals surface area contributed by atoms with Gasteiger partial charge in [0.1, 0.15) is 0 Å². The highest BCUT2D eigenvalue weighted by Gasteiger charge is 2.30. The maximum Gasteiger partial charge on any atom is 0.156 e. The topological polar surface area (TPSA) is 24.4 Å². The molecule has 0 amide bonds. The molecule has 0 aromatic rings. The van der Waals surface area contributed by atoms with Crippen LogP contribution in [0.4, 0.5) is 0 Å². The molecule has 2 atom stereocenters. The van der Waals surface area contributed by atoms with Crippen molar-refractivity contribution in [3.8, 4) is 0 Å². The Labute approximate surface area is 116 Å². The van der Waals surface area contributed by atoms with Gasteiger partial charge < -0.3 is 5.32 Å². The number of thioether (sulfide) groups is 1. The fraction of sp³-hybridized carbons (Fsp3) is 0.933. The highest BCUT2D eigenvalue weighted by Crippen LogP contribution is 2.32. The van der Waals surface area contributed by atoms with Gasteiger partial charge in [0.05, 0.1) is 0 Å². The SMILES string of the molecule is CC(C)C(C)(C)CN=C1NC2CCCCC2CS1. The van der Waals surface area contributed by atoms with E-state index in [0.717, 1.165) is 12.5 Å². The van der Waals surface area contributed by atoms with E-state index in [1.54, 1.807) is 0 Å². The van der Waals surface area contributed by atoms with Crippen molar-refractivity contribution >= 4 is 16.9 Å². The summed E-state index contributed by atoms with van der Waals surface area (Å²) in [4.78, 5) is 4.84. The van der Waals surface area contributed by atoms with Crippen LogP contribution in [0.2, 0.25) is 0 Å². The highest BCUT2D eigenvalue weighted by molar-refractivity contribution is 8.13. The van der Waals surface area contributed by atoms with E-state index in [0.29, 0.717) is 17.4 Å². The number of nitrogens with zero attached hydrogens (tertiary/aromatic N) is 1. The van der Waals surface area contributed by atoms with Gasteiger partial charge in [0, 0.05) is 18.3 Å². The monoisotopic (exact) mass is 268 g/mol. The molecule has 2 rings (SSSR count). The Bertz CT molecular complexity index is 310. The number of rotatable bonds is 3. The third-order valence-electron chi connectivity index (χ3n) is 4.85. The summed E-state index contributed by atoms with van der Waals surface area (Å²) in [6.07, 6.45) is 5.58. The first-order chi connectivity index (χ1) is 8.49. The number of hydrogen-bond acceptors (Lipinski definition) is 2. The van der Waals surface area contributed by atoms with Gasteiger partial charge in [-0.05, 0) is 30.1 Å². The molecule has 0 spiro atoms. The molecule has 104 valence electrons. The molecule has 1 saturated carbocycles. The van der Waals surface area contributed by atoms with Crippen molar-refractivity contribution in [1.29, 1.82) is 0 Å². The largest absolute Gasteiger partial charge is 0.362 e. The lowest BCUT2D eigenvalue weighted by Crippen LogP contribution is -2.46. The number of aliphatic imine (C=N–C) groups is 1. The van der Waals surface area contributed by atoms with Crippen molar-refractivity contribution in [3.05, 3.63) is 0 Å². The molecule has 18 heavy (non-hydrogen) atoms. The van der Waals surface area contributed by atoms with Crippen LogP contribution >= 0.6 is 11.8 Å². The maximum atomic E-state index is 4.84. The van der Waals surface area contributed by atoms with Crippen LogP contribution in [-0.4, -0.2) is 23.5 Å². The zero-order valence-electron chi connectivity index (χ0n) is 12.3. The minimum atomic E-state index is 0.304. The fourth-order valence-corrected chi connectivity index (χ4v) is 3.69. The van der Waals surface area contributed by atoms with Crippen LogP contribution in [0, 0.1) is 17.3 Å². The Morgan fingerprint density at radius 2 is 2.06 bits per heavy atom. The molecule has 0 radical (unpaired) electrons. The highest BCUT2D eigenvalue weighted by atomic mass is 32.2. The minimum absolute atomic E-state index is 0.304. The molecule has 3 heteroatoms. The molecule has 1 saturated heterocycles. The first-order valence-corrected chi connectivity index (χ1v) is 8.41. The molecule has 1 heterocycles. The zero-order valence-corrected chi connectivity index (χ0v) is 13.1. The van der Waals surface area contributed by atoms with Gasteiger partial charge in [-0.2, -0.15) is 0 Å². The van der Waals surface area contributed by atoms with Crippen LogP contribution in [-0.2, 0) is 0 Å². The second-order valence-corrected chi connectivity index (χ2v) is 7.88. The Balaban J connectivity index is 1.90. The van der Waals surface area contributed by atoms with Gasteiger partial charge in [0.15, 0.2) is 5.17 Å². The van der Waals surface area contributed by atoms with Crippen LogP contribution in [0.25, 0.3) is 0 Å². The van der Waals surface area contributed by atoms with E-state index in [9.17, 15) is 0 Å². The van der Waals surface area contributed by atoms with Gasteiger partial charge in [-0.25, -0.2) is 0 Å². The van der Waals surface area contributed by atoms with Crippen LogP contribution in [0.3, 0.4) is 0 Å². The predicted molar refractivity (Wildman–Crippen MR) is 82.3 cm³/mol. The first kappa shape index (κ1) is 14.2. The second-order valence-electron chi connectivity index (χ2n) is 6.87. The number of hydrogen-bond donors (Lipinski definition) is 1. The smallest absolute Gasteiger partial charge is 0.156 e. The van der Waals surface area contributed by atoms with E-state index < -0.39 is 0 Å². The molecule has 1 N–H and O–H groups in total. The molecule has 2 fully saturated rings. The number of amidine groups is 1. The molecular formula is C15H28N2S. The molecule has 0 aromatic carbocycles. The third-order valence-corrected chi connectivity index (χ3v) is 5.96. The molecule has 2 unspecified atom stereocenters. The number of fused-ring (bicyclic) bond motifs is 1. The van der Waals surface area contributed by atoms with E-state index in [4.69, 9.17) is 4.99 Å². The van der Waals surface area contributed by atoms with Crippen LogP contribution in [0.5, 0.6) is 0 Å². The predicted octanol–water partition coefficient (Wildman–Crippen LogP) is 3.92. The van der Waals surface area contributed by atoms with Crippen molar-refractivity contribution in [2.75, 3.05) is 12.3 Å². The maximum absolute atomic E-state index is 4.84.